The van der Waals surface area contributed by atoms with E-state index >= 15 is 0 Å². The molecule has 6 rings (SSSR count). The third-order valence-corrected chi connectivity index (χ3v) is 6.87. The van der Waals surface area contributed by atoms with Crippen LogP contribution in [0.1, 0.15) is 21.5 Å². The van der Waals surface area contributed by atoms with Crippen molar-refractivity contribution >= 4 is 50.0 Å². The molecule has 0 aliphatic carbocycles. The lowest BCUT2D eigenvalue weighted by Gasteiger charge is -2.10. The van der Waals surface area contributed by atoms with Crippen molar-refractivity contribution in [1.82, 2.24) is 9.66 Å². The molecule has 0 radical (unpaired) electrons. The first-order valence-corrected chi connectivity index (χ1v) is 13.1. The summed E-state index contributed by atoms with van der Waals surface area (Å²) in [7, 11) is 0. The van der Waals surface area contributed by atoms with Gasteiger partial charge in [-0.05, 0) is 81.7 Å². The number of benzene rings is 4. The number of para-hydroxylation sites is 2. The second-order valence-corrected chi connectivity index (χ2v) is 9.80. The molecule has 0 saturated heterocycles. The zero-order valence-corrected chi connectivity index (χ0v) is 22.4. The number of carboxylic acids is 1. The Morgan fingerprint density at radius 1 is 1.00 bits per heavy atom. The summed E-state index contributed by atoms with van der Waals surface area (Å²) >= 11 is 3.53. The number of aromatic nitrogens is 2. The molecule has 8 nitrogen and oxygen atoms in total. The molecule has 0 unspecified atom stereocenters. The zero-order chi connectivity index (χ0) is 27.6. The number of fused-ring (bicyclic) bond motifs is 2. The highest BCUT2D eigenvalue weighted by Crippen LogP contribution is 2.28. The summed E-state index contributed by atoms with van der Waals surface area (Å²) in [6, 6.07) is 28.5. The Labute approximate surface area is 235 Å². The molecular weight excluding hydrogens is 574 g/mol. The van der Waals surface area contributed by atoms with E-state index in [0.29, 0.717) is 43.9 Å². The molecule has 9 heteroatoms. The van der Waals surface area contributed by atoms with Crippen molar-refractivity contribution in [2.75, 3.05) is 0 Å². The van der Waals surface area contributed by atoms with Gasteiger partial charge in [-0.15, -0.1) is 0 Å². The maximum absolute atomic E-state index is 13.5. The summed E-state index contributed by atoms with van der Waals surface area (Å²) in [5.41, 5.74) is 2.56. The molecule has 6 aromatic rings. The quantitative estimate of drug-likeness (QED) is 0.206. The highest BCUT2D eigenvalue weighted by molar-refractivity contribution is 9.10. The number of halogens is 1. The van der Waals surface area contributed by atoms with Crippen LogP contribution in [0.4, 0.5) is 0 Å². The lowest BCUT2D eigenvalue weighted by atomic mass is 10.1. The van der Waals surface area contributed by atoms with E-state index < -0.39 is 5.97 Å². The Bertz CT molecular complexity index is 1960. The number of carbonyl (C=O) groups is 1. The number of ether oxygens (including phenoxy) is 1. The van der Waals surface area contributed by atoms with E-state index in [0.717, 1.165) is 10.9 Å². The van der Waals surface area contributed by atoms with Crippen LogP contribution >= 0.6 is 15.9 Å². The van der Waals surface area contributed by atoms with Crippen LogP contribution in [0.2, 0.25) is 0 Å². The van der Waals surface area contributed by atoms with Crippen LogP contribution in [0.15, 0.2) is 116 Å². The molecule has 0 fully saturated rings. The summed E-state index contributed by atoms with van der Waals surface area (Å²) in [6.45, 7) is 0.201. The minimum absolute atomic E-state index is 0.201. The molecule has 0 amide bonds. The number of aromatic carboxylic acids is 1. The average molecular weight is 594 g/mol. The van der Waals surface area contributed by atoms with Crippen LogP contribution in [0, 0.1) is 0 Å². The first-order chi connectivity index (χ1) is 19.5. The Hall–Kier alpha value is -5.02. The normalized spacial score (nSPS) is 11.4. The van der Waals surface area contributed by atoms with E-state index in [-0.39, 0.29) is 17.7 Å². The Kier molecular flexibility index (Phi) is 6.71. The fourth-order valence-electron chi connectivity index (χ4n) is 4.28. The van der Waals surface area contributed by atoms with Gasteiger partial charge in [0, 0.05) is 5.39 Å². The summed E-state index contributed by atoms with van der Waals surface area (Å²) < 4.78 is 13.8. The molecule has 0 bridgehead atoms. The topological polar surface area (TPSA) is 107 Å². The van der Waals surface area contributed by atoms with E-state index in [1.54, 1.807) is 54.7 Å². The van der Waals surface area contributed by atoms with Gasteiger partial charge in [0.05, 0.1) is 27.2 Å². The van der Waals surface area contributed by atoms with Gasteiger partial charge in [-0.2, -0.15) is 9.78 Å². The Balaban J connectivity index is 1.32. The van der Waals surface area contributed by atoms with Crippen LogP contribution in [0.5, 0.6) is 5.75 Å². The fraction of sp³-hybridized carbons (Fsp3) is 0.0323. The third kappa shape index (κ3) is 5.02. The predicted molar refractivity (Wildman–Crippen MR) is 156 cm³/mol. The van der Waals surface area contributed by atoms with Crippen LogP contribution in [0.25, 0.3) is 33.5 Å². The van der Waals surface area contributed by atoms with Gasteiger partial charge < -0.3 is 14.3 Å². The molecule has 2 aromatic heterocycles. The van der Waals surface area contributed by atoms with Gasteiger partial charge in [0.1, 0.15) is 17.9 Å². The Morgan fingerprint density at radius 3 is 2.65 bits per heavy atom. The average Bonchev–Trinajstić information content (AvgIpc) is 3.40. The maximum Gasteiger partial charge on any atom is 0.335 e. The standard InChI is InChI=1S/C31H20BrN3O5/c32-24-15-19(12-13-27(24)39-18-20-6-5-8-22(14-20)31(37)38)17-33-35-29(28-16-21-7-1-4-11-26(21)40-28)34-25-10-3-2-9-23(25)30(35)36/h1-17H,18H2,(H,37,38). The van der Waals surface area contributed by atoms with E-state index in [9.17, 15) is 14.7 Å². The van der Waals surface area contributed by atoms with E-state index in [2.05, 4.69) is 21.0 Å². The predicted octanol–water partition coefficient (Wildman–Crippen LogP) is 6.73. The number of carboxylic acid groups (broad SMARTS) is 1. The van der Waals surface area contributed by atoms with Crippen LogP contribution in [-0.2, 0) is 6.61 Å². The van der Waals surface area contributed by atoms with E-state index in [1.165, 1.54) is 10.7 Å². The Morgan fingerprint density at radius 2 is 1.82 bits per heavy atom. The second kappa shape index (κ2) is 10.6. The summed E-state index contributed by atoms with van der Waals surface area (Å²) in [4.78, 5) is 29.4. The summed E-state index contributed by atoms with van der Waals surface area (Å²) in [6.07, 6.45) is 1.56. The molecule has 0 atom stereocenters. The molecule has 0 aliphatic rings. The third-order valence-electron chi connectivity index (χ3n) is 6.25. The molecule has 1 N–H and O–H groups in total. The van der Waals surface area contributed by atoms with Gasteiger partial charge in [-0.25, -0.2) is 9.78 Å². The lowest BCUT2D eigenvalue weighted by molar-refractivity contribution is 0.0696. The van der Waals surface area contributed by atoms with Crippen LogP contribution in [0.3, 0.4) is 0 Å². The van der Waals surface area contributed by atoms with Crippen molar-refractivity contribution in [3.05, 3.63) is 129 Å². The van der Waals surface area contributed by atoms with Gasteiger partial charge in [0.25, 0.3) is 5.56 Å². The minimum atomic E-state index is -0.990. The molecule has 0 aliphatic heterocycles. The van der Waals surface area contributed by atoms with Gasteiger partial charge in [0.15, 0.2) is 5.76 Å². The van der Waals surface area contributed by atoms with Gasteiger partial charge in [-0.1, -0.05) is 42.5 Å². The number of furan rings is 1. The van der Waals surface area contributed by atoms with E-state index in [4.69, 9.17) is 14.1 Å². The zero-order valence-electron chi connectivity index (χ0n) is 20.8. The van der Waals surface area contributed by atoms with Gasteiger partial charge in [-0.3, -0.25) is 4.79 Å². The number of hydrogen-bond acceptors (Lipinski definition) is 6. The molecule has 0 spiro atoms. The molecule has 196 valence electrons. The lowest BCUT2D eigenvalue weighted by Crippen LogP contribution is -2.20. The highest BCUT2D eigenvalue weighted by Gasteiger charge is 2.16. The van der Waals surface area contributed by atoms with Gasteiger partial charge >= 0.3 is 5.97 Å². The van der Waals surface area contributed by atoms with Gasteiger partial charge in [0.2, 0.25) is 5.82 Å². The number of rotatable bonds is 7. The van der Waals surface area contributed by atoms with Crippen molar-refractivity contribution in [3.8, 4) is 17.3 Å². The second-order valence-electron chi connectivity index (χ2n) is 8.95. The molecule has 0 saturated carbocycles. The van der Waals surface area contributed by atoms with Crippen molar-refractivity contribution in [2.24, 2.45) is 5.10 Å². The maximum atomic E-state index is 13.5. The van der Waals surface area contributed by atoms with Crippen molar-refractivity contribution < 1.29 is 19.1 Å². The number of nitrogens with zero attached hydrogens (tertiary/aromatic N) is 3. The van der Waals surface area contributed by atoms with Crippen LogP contribution < -0.4 is 10.3 Å². The van der Waals surface area contributed by atoms with Crippen LogP contribution in [-0.4, -0.2) is 27.0 Å². The minimum Gasteiger partial charge on any atom is -0.488 e. The summed E-state index contributed by atoms with van der Waals surface area (Å²) in [5, 5.41) is 15.0. The SMILES string of the molecule is O=C(O)c1cccc(COc2ccc(C=Nn3c(-c4cc5ccccc5o4)nc4ccccc4c3=O)cc2Br)c1. The van der Waals surface area contributed by atoms with Crippen molar-refractivity contribution in [2.45, 2.75) is 6.61 Å². The first kappa shape index (κ1) is 25.3. The molecule has 40 heavy (non-hydrogen) atoms. The first-order valence-electron chi connectivity index (χ1n) is 12.3. The molecule has 2 heterocycles. The smallest absolute Gasteiger partial charge is 0.335 e. The highest BCUT2D eigenvalue weighted by atomic mass is 79.9. The van der Waals surface area contributed by atoms with E-state index in [1.807, 2.05) is 42.5 Å². The van der Waals surface area contributed by atoms with Crippen molar-refractivity contribution in [3.63, 3.8) is 0 Å². The number of hydrogen-bond donors (Lipinski definition) is 1. The van der Waals surface area contributed by atoms with Crippen molar-refractivity contribution in [1.29, 1.82) is 0 Å². The molecule has 4 aromatic carbocycles. The fourth-order valence-corrected chi connectivity index (χ4v) is 4.79. The largest absolute Gasteiger partial charge is 0.488 e. The summed E-state index contributed by atoms with van der Waals surface area (Å²) in [5.74, 6) is 0.304. The molecular formula is C31H20BrN3O5. The monoisotopic (exact) mass is 593 g/mol.